The van der Waals surface area contributed by atoms with Gasteiger partial charge < -0.3 is 10.5 Å². The SMILES string of the molecule is Cc1ccccc1C(N)CSCC(=O)OC(C)(C)C. The molecule has 1 aromatic carbocycles. The minimum atomic E-state index is -0.421. The molecule has 3 nitrogen and oxygen atoms in total. The van der Waals surface area contributed by atoms with Gasteiger partial charge in [0.15, 0.2) is 0 Å². The Morgan fingerprint density at radius 2 is 2.00 bits per heavy atom. The molecule has 0 amide bonds. The number of benzene rings is 1. The third kappa shape index (κ3) is 6.12. The summed E-state index contributed by atoms with van der Waals surface area (Å²) in [5, 5.41) is 0. The maximum Gasteiger partial charge on any atom is 0.316 e. The summed E-state index contributed by atoms with van der Waals surface area (Å²) in [6, 6.07) is 8.02. The monoisotopic (exact) mass is 281 g/mol. The Morgan fingerprint density at radius 3 is 2.58 bits per heavy atom. The smallest absolute Gasteiger partial charge is 0.316 e. The highest BCUT2D eigenvalue weighted by molar-refractivity contribution is 7.99. The van der Waals surface area contributed by atoms with Crippen molar-refractivity contribution in [2.45, 2.75) is 39.3 Å². The zero-order valence-electron chi connectivity index (χ0n) is 12.1. The van der Waals surface area contributed by atoms with Crippen LogP contribution < -0.4 is 5.73 Å². The van der Waals surface area contributed by atoms with Crippen LogP contribution in [0.3, 0.4) is 0 Å². The van der Waals surface area contributed by atoms with Crippen LogP contribution in [0.5, 0.6) is 0 Å². The van der Waals surface area contributed by atoms with Crippen molar-refractivity contribution in [1.29, 1.82) is 0 Å². The standard InChI is InChI=1S/C15H23NO2S/c1-11-7-5-6-8-12(11)13(16)9-19-10-14(17)18-15(2,3)4/h5-8,13H,9-10,16H2,1-4H3. The molecular formula is C15H23NO2S. The predicted molar refractivity (Wildman–Crippen MR) is 81.3 cm³/mol. The lowest BCUT2D eigenvalue weighted by molar-refractivity contribution is -0.151. The molecular weight excluding hydrogens is 258 g/mol. The highest BCUT2D eigenvalue weighted by Gasteiger charge is 2.16. The van der Waals surface area contributed by atoms with E-state index in [-0.39, 0.29) is 12.0 Å². The summed E-state index contributed by atoms with van der Waals surface area (Å²) in [5.74, 6) is 0.871. The number of aryl methyl sites for hydroxylation is 1. The predicted octanol–water partition coefficient (Wildman–Crippen LogP) is 3.07. The fourth-order valence-corrected chi connectivity index (χ4v) is 2.51. The number of ether oxygens (including phenoxy) is 1. The molecule has 0 aliphatic rings. The van der Waals surface area contributed by atoms with Crippen LogP contribution in [0.25, 0.3) is 0 Å². The second kappa shape index (κ2) is 6.96. The van der Waals surface area contributed by atoms with Gasteiger partial charge in [0.25, 0.3) is 0 Å². The molecule has 0 saturated heterocycles. The molecule has 1 unspecified atom stereocenters. The van der Waals surface area contributed by atoms with Crippen LogP contribution in [0.2, 0.25) is 0 Å². The highest BCUT2D eigenvalue weighted by Crippen LogP contribution is 2.20. The van der Waals surface area contributed by atoms with Crippen molar-refractivity contribution in [3.8, 4) is 0 Å². The molecule has 19 heavy (non-hydrogen) atoms. The van der Waals surface area contributed by atoms with Gasteiger partial charge in [0, 0.05) is 11.8 Å². The summed E-state index contributed by atoms with van der Waals surface area (Å²) < 4.78 is 5.25. The molecule has 0 radical (unpaired) electrons. The lowest BCUT2D eigenvalue weighted by Gasteiger charge is -2.19. The zero-order chi connectivity index (χ0) is 14.5. The quantitative estimate of drug-likeness (QED) is 0.843. The first kappa shape index (κ1) is 16.1. The summed E-state index contributed by atoms with van der Waals surface area (Å²) >= 11 is 1.51. The van der Waals surface area contributed by atoms with E-state index in [0.29, 0.717) is 11.5 Å². The van der Waals surface area contributed by atoms with Gasteiger partial charge in [0.05, 0.1) is 5.75 Å². The first-order chi connectivity index (χ1) is 8.79. The molecule has 0 saturated carbocycles. The van der Waals surface area contributed by atoms with Crippen molar-refractivity contribution in [3.05, 3.63) is 35.4 Å². The number of thioether (sulfide) groups is 1. The van der Waals surface area contributed by atoms with Gasteiger partial charge in [-0.2, -0.15) is 0 Å². The van der Waals surface area contributed by atoms with Crippen LogP contribution >= 0.6 is 11.8 Å². The number of hydrogen-bond acceptors (Lipinski definition) is 4. The van der Waals surface area contributed by atoms with Crippen LogP contribution in [0, 0.1) is 6.92 Å². The molecule has 0 aromatic heterocycles. The Bertz CT molecular complexity index is 426. The lowest BCUT2D eigenvalue weighted by atomic mass is 10.0. The van der Waals surface area contributed by atoms with Gasteiger partial charge in [-0.3, -0.25) is 4.79 Å². The van der Waals surface area contributed by atoms with E-state index in [4.69, 9.17) is 10.5 Å². The second-order valence-electron chi connectivity index (χ2n) is 5.56. The van der Waals surface area contributed by atoms with E-state index in [2.05, 4.69) is 0 Å². The molecule has 0 aliphatic carbocycles. The van der Waals surface area contributed by atoms with Crippen molar-refractivity contribution in [1.82, 2.24) is 0 Å². The van der Waals surface area contributed by atoms with Crippen molar-refractivity contribution in [3.63, 3.8) is 0 Å². The van der Waals surface area contributed by atoms with E-state index in [1.54, 1.807) is 0 Å². The molecule has 106 valence electrons. The van der Waals surface area contributed by atoms with E-state index >= 15 is 0 Å². The summed E-state index contributed by atoms with van der Waals surface area (Å²) in [7, 11) is 0. The molecule has 0 heterocycles. The van der Waals surface area contributed by atoms with Crippen LogP contribution in [0.1, 0.15) is 37.9 Å². The van der Waals surface area contributed by atoms with Crippen molar-refractivity contribution in [2.75, 3.05) is 11.5 Å². The molecule has 0 fully saturated rings. The van der Waals surface area contributed by atoms with Crippen molar-refractivity contribution in [2.24, 2.45) is 5.73 Å². The number of hydrogen-bond donors (Lipinski definition) is 1. The molecule has 1 aromatic rings. The summed E-state index contributed by atoms with van der Waals surface area (Å²) in [4.78, 5) is 11.6. The summed E-state index contributed by atoms with van der Waals surface area (Å²) in [6.45, 7) is 7.66. The van der Waals surface area contributed by atoms with Crippen LogP contribution in [-0.4, -0.2) is 23.1 Å². The Balaban J connectivity index is 2.38. The van der Waals surface area contributed by atoms with Gasteiger partial charge >= 0.3 is 5.97 Å². The third-order valence-corrected chi connectivity index (χ3v) is 3.56. The van der Waals surface area contributed by atoms with E-state index in [1.807, 2.05) is 52.0 Å². The van der Waals surface area contributed by atoms with E-state index in [9.17, 15) is 4.79 Å². The summed E-state index contributed by atoms with van der Waals surface area (Å²) in [6.07, 6.45) is 0. The first-order valence-corrected chi connectivity index (χ1v) is 7.56. The minimum absolute atomic E-state index is 0.0476. The lowest BCUT2D eigenvalue weighted by Crippen LogP contribution is -2.25. The molecule has 4 heteroatoms. The maximum absolute atomic E-state index is 11.6. The second-order valence-corrected chi connectivity index (χ2v) is 6.59. The number of carbonyl (C=O) groups is 1. The van der Waals surface area contributed by atoms with Gasteiger partial charge in [-0.1, -0.05) is 24.3 Å². The van der Waals surface area contributed by atoms with Crippen molar-refractivity contribution < 1.29 is 9.53 Å². The average molecular weight is 281 g/mol. The van der Waals surface area contributed by atoms with Gasteiger partial charge in [-0.05, 0) is 38.8 Å². The summed E-state index contributed by atoms with van der Waals surface area (Å²) in [5.41, 5.74) is 8.04. The Kier molecular flexibility index (Phi) is 5.88. The fraction of sp³-hybridized carbons (Fsp3) is 0.533. The van der Waals surface area contributed by atoms with E-state index < -0.39 is 5.60 Å². The van der Waals surface area contributed by atoms with Gasteiger partial charge in [-0.25, -0.2) is 0 Å². The topological polar surface area (TPSA) is 52.3 Å². The number of esters is 1. The number of nitrogens with two attached hydrogens (primary N) is 1. The van der Waals surface area contributed by atoms with Crippen molar-refractivity contribution >= 4 is 17.7 Å². The molecule has 1 rings (SSSR count). The average Bonchev–Trinajstić information content (AvgIpc) is 2.26. The Labute approximate surface area is 119 Å². The minimum Gasteiger partial charge on any atom is -0.459 e. The Morgan fingerprint density at radius 1 is 1.37 bits per heavy atom. The molecule has 1 atom stereocenters. The Hall–Kier alpha value is -1.00. The third-order valence-electron chi connectivity index (χ3n) is 2.53. The van der Waals surface area contributed by atoms with E-state index in [1.165, 1.54) is 17.3 Å². The highest BCUT2D eigenvalue weighted by atomic mass is 32.2. The van der Waals surface area contributed by atoms with Gasteiger partial charge in [-0.15, -0.1) is 11.8 Å². The van der Waals surface area contributed by atoms with E-state index in [0.717, 1.165) is 5.56 Å². The maximum atomic E-state index is 11.6. The molecule has 2 N–H and O–H groups in total. The van der Waals surface area contributed by atoms with Gasteiger partial charge in [0.2, 0.25) is 0 Å². The van der Waals surface area contributed by atoms with Gasteiger partial charge in [0.1, 0.15) is 5.60 Å². The fourth-order valence-electron chi connectivity index (χ4n) is 1.73. The largest absolute Gasteiger partial charge is 0.459 e. The number of rotatable bonds is 5. The number of carbonyl (C=O) groups excluding carboxylic acids is 1. The molecule has 0 bridgehead atoms. The molecule has 0 aliphatic heterocycles. The first-order valence-electron chi connectivity index (χ1n) is 6.40. The van der Waals surface area contributed by atoms with Crippen LogP contribution in [0.15, 0.2) is 24.3 Å². The normalized spacial score (nSPS) is 13.1. The zero-order valence-corrected chi connectivity index (χ0v) is 12.9. The van der Waals surface area contributed by atoms with Crippen LogP contribution in [-0.2, 0) is 9.53 Å². The molecule has 0 spiro atoms. The van der Waals surface area contributed by atoms with Crippen LogP contribution in [0.4, 0.5) is 0 Å².